The molecule has 0 heterocycles. The van der Waals surface area contributed by atoms with Gasteiger partial charge in [0.15, 0.2) is 5.60 Å². The molecule has 4 heteroatoms. The van der Waals surface area contributed by atoms with Crippen molar-refractivity contribution in [3.63, 3.8) is 0 Å². The number of carboxylic acid groups (broad SMARTS) is 1. The van der Waals surface area contributed by atoms with Crippen LogP contribution in [0.2, 0.25) is 0 Å². The van der Waals surface area contributed by atoms with Crippen molar-refractivity contribution in [2.75, 3.05) is 14.2 Å². The first-order valence-electron chi connectivity index (χ1n) is 4.47. The number of carbonyl (C=O) groups is 1. The second kappa shape index (κ2) is 4.31. The van der Waals surface area contributed by atoms with Gasteiger partial charge in [-0.05, 0) is 24.6 Å². The Bertz CT molecular complexity index is 344. The molecule has 1 N–H and O–H groups in total. The van der Waals surface area contributed by atoms with E-state index in [1.54, 1.807) is 31.4 Å². The lowest BCUT2D eigenvalue weighted by Gasteiger charge is -2.23. The highest BCUT2D eigenvalue weighted by atomic mass is 16.5. The van der Waals surface area contributed by atoms with Crippen LogP contribution < -0.4 is 4.74 Å². The van der Waals surface area contributed by atoms with Gasteiger partial charge in [0.2, 0.25) is 0 Å². The van der Waals surface area contributed by atoms with E-state index in [1.807, 2.05) is 0 Å². The first-order chi connectivity index (χ1) is 7.04. The van der Waals surface area contributed by atoms with E-state index >= 15 is 0 Å². The molecule has 0 aliphatic rings. The Hall–Kier alpha value is -1.55. The van der Waals surface area contributed by atoms with Crippen molar-refractivity contribution in [1.82, 2.24) is 0 Å². The Labute approximate surface area is 88.4 Å². The summed E-state index contributed by atoms with van der Waals surface area (Å²) < 4.78 is 10.0. The fourth-order valence-corrected chi connectivity index (χ4v) is 1.24. The molecule has 0 bridgehead atoms. The van der Waals surface area contributed by atoms with E-state index in [-0.39, 0.29) is 0 Å². The van der Waals surface area contributed by atoms with E-state index in [4.69, 9.17) is 14.6 Å². The van der Waals surface area contributed by atoms with Crippen LogP contribution in [0.3, 0.4) is 0 Å². The van der Waals surface area contributed by atoms with Crippen LogP contribution in [-0.4, -0.2) is 25.3 Å². The molecular formula is C11H14O4. The van der Waals surface area contributed by atoms with Gasteiger partial charge in [0.25, 0.3) is 0 Å². The van der Waals surface area contributed by atoms with Crippen molar-refractivity contribution in [3.05, 3.63) is 29.8 Å². The summed E-state index contributed by atoms with van der Waals surface area (Å²) in [5.74, 6) is -0.335. The van der Waals surface area contributed by atoms with E-state index in [0.29, 0.717) is 11.3 Å². The Balaban J connectivity index is 3.08. The molecule has 1 atom stereocenters. The lowest BCUT2D eigenvalue weighted by molar-refractivity contribution is -0.161. The average Bonchev–Trinajstić information content (AvgIpc) is 2.28. The monoisotopic (exact) mass is 210 g/mol. The van der Waals surface area contributed by atoms with Gasteiger partial charge >= 0.3 is 5.97 Å². The number of rotatable bonds is 4. The van der Waals surface area contributed by atoms with E-state index in [0.717, 1.165) is 0 Å². The zero-order valence-electron chi connectivity index (χ0n) is 8.98. The molecule has 0 aliphatic carbocycles. The third-order valence-electron chi connectivity index (χ3n) is 2.46. The minimum Gasteiger partial charge on any atom is -0.497 e. The fourth-order valence-electron chi connectivity index (χ4n) is 1.24. The molecule has 1 aromatic carbocycles. The number of hydrogen-bond donors (Lipinski definition) is 1. The summed E-state index contributed by atoms with van der Waals surface area (Å²) in [6.07, 6.45) is 0. The molecule has 0 aliphatic heterocycles. The van der Waals surface area contributed by atoms with Gasteiger partial charge in [0.1, 0.15) is 5.75 Å². The van der Waals surface area contributed by atoms with Gasteiger partial charge in [0, 0.05) is 7.11 Å². The molecule has 4 nitrogen and oxygen atoms in total. The molecule has 0 aromatic heterocycles. The van der Waals surface area contributed by atoms with Gasteiger partial charge in [-0.15, -0.1) is 0 Å². The number of carboxylic acids is 1. The normalized spacial score (nSPS) is 14.3. The maximum Gasteiger partial charge on any atom is 0.340 e. The van der Waals surface area contributed by atoms with Gasteiger partial charge < -0.3 is 14.6 Å². The van der Waals surface area contributed by atoms with Gasteiger partial charge in [-0.2, -0.15) is 0 Å². The zero-order valence-corrected chi connectivity index (χ0v) is 8.98. The van der Waals surface area contributed by atoms with Crippen LogP contribution in [-0.2, 0) is 15.1 Å². The lowest BCUT2D eigenvalue weighted by Crippen LogP contribution is -2.34. The Morgan fingerprint density at radius 3 is 2.13 bits per heavy atom. The molecular weight excluding hydrogens is 196 g/mol. The molecule has 0 saturated heterocycles. The van der Waals surface area contributed by atoms with E-state index in [1.165, 1.54) is 14.0 Å². The van der Waals surface area contributed by atoms with Crippen LogP contribution in [0, 0.1) is 0 Å². The van der Waals surface area contributed by atoms with E-state index in [2.05, 4.69) is 0 Å². The minimum atomic E-state index is -1.31. The quantitative estimate of drug-likeness (QED) is 0.820. The zero-order chi connectivity index (χ0) is 11.5. The topological polar surface area (TPSA) is 55.8 Å². The average molecular weight is 210 g/mol. The number of hydrogen-bond acceptors (Lipinski definition) is 3. The standard InChI is InChI=1S/C11H14O4/c1-11(15-3,10(12)13)8-4-6-9(14-2)7-5-8/h4-7H,1-3H3,(H,12,13). The first-order valence-corrected chi connectivity index (χ1v) is 4.47. The smallest absolute Gasteiger partial charge is 0.340 e. The highest BCUT2D eigenvalue weighted by molar-refractivity contribution is 5.79. The molecule has 0 radical (unpaired) electrons. The Morgan fingerprint density at radius 1 is 1.27 bits per heavy atom. The third kappa shape index (κ3) is 2.10. The highest BCUT2D eigenvalue weighted by Crippen LogP contribution is 2.26. The van der Waals surface area contributed by atoms with Crippen LogP contribution in [0.25, 0.3) is 0 Å². The number of ether oxygens (including phenoxy) is 2. The Morgan fingerprint density at radius 2 is 1.80 bits per heavy atom. The van der Waals surface area contributed by atoms with Crippen LogP contribution in [0.1, 0.15) is 12.5 Å². The third-order valence-corrected chi connectivity index (χ3v) is 2.46. The first kappa shape index (κ1) is 11.5. The second-order valence-corrected chi connectivity index (χ2v) is 3.27. The van der Waals surface area contributed by atoms with E-state index < -0.39 is 11.6 Å². The van der Waals surface area contributed by atoms with Crippen molar-refractivity contribution in [2.24, 2.45) is 0 Å². The minimum absolute atomic E-state index is 0.582. The molecule has 1 aromatic rings. The summed E-state index contributed by atoms with van der Waals surface area (Å²) in [7, 11) is 2.93. The van der Waals surface area contributed by atoms with Gasteiger partial charge in [0.05, 0.1) is 7.11 Å². The number of benzene rings is 1. The van der Waals surface area contributed by atoms with E-state index in [9.17, 15) is 4.79 Å². The second-order valence-electron chi connectivity index (χ2n) is 3.27. The summed E-state index contributed by atoms with van der Waals surface area (Å²) in [5, 5.41) is 9.06. The fraction of sp³-hybridized carbons (Fsp3) is 0.364. The maximum atomic E-state index is 11.1. The highest BCUT2D eigenvalue weighted by Gasteiger charge is 2.34. The molecule has 82 valence electrons. The molecule has 0 amide bonds. The number of aliphatic carboxylic acids is 1. The molecule has 1 unspecified atom stereocenters. The van der Waals surface area contributed by atoms with Crippen molar-refractivity contribution in [1.29, 1.82) is 0 Å². The van der Waals surface area contributed by atoms with Crippen LogP contribution in [0.15, 0.2) is 24.3 Å². The van der Waals surface area contributed by atoms with Crippen molar-refractivity contribution < 1.29 is 19.4 Å². The lowest BCUT2D eigenvalue weighted by atomic mass is 9.96. The van der Waals surface area contributed by atoms with Gasteiger partial charge in [-0.1, -0.05) is 12.1 Å². The molecule has 15 heavy (non-hydrogen) atoms. The van der Waals surface area contributed by atoms with Crippen molar-refractivity contribution in [2.45, 2.75) is 12.5 Å². The SMILES string of the molecule is COc1ccc(C(C)(OC)C(=O)O)cc1. The van der Waals surface area contributed by atoms with Crippen LogP contribution in [0.4, 0.5) is 0 Å². The molecule has 1 rings (SSSR count). The van der Waals surface area contributed by atoms with Crippen LogP contribution in [0.5, 0.6) is 5.75 Å². The molecule has 0 spiro atoms. The molecule has 0 fully saturated rings. The predicted molar refractivity (Wildman–Crippen MR) is 55.0 cm³/mol. The van der Waals surface area contributed by atoms with Gasteiger partial charge in [-0.25, -0.2) is 4.79 Å². The van der Waals surface area contributed by atoms with Crippen LogP contribution >= 0.6 is 0 Å². The largest absolute Gasteiger partial charge is 0.497 e. The summed E-state index contributed by atoms with van der Waals surface area (Å²) >= 11 is 0. The molecule has 0 saturated carbocycles. The maximum absolute atomic E-state index is 11.1. The summed E-state index contributed by atoms with van der Waals surface area (Å²) in [6, 6.07) is 6.76. The van der Waals surface area contributed by atoms with Gasteiger partial charge in [-0.3, -0.25) is 0 Å². The summed E-state index contributed by atoms with van der Waals surface area (Å²) in [4.78, 5) is 11.1. The van der Waals surface area contributed by atoms with Crippen molar-refractivity contribution >= 4 is 5.97 Å². The number of methoxy groups -OCH3 is 2. The predicted octanol–water partition coefficient (Wildman–Crippen LogP) is 1.64. The summed E-state index contributed by atoms with van der Waals surface area (Å²) in [5.41, 5.74) is -0.731. The van der Waals surface area contributed by atoms with Crippen molar-refractivity contribution in [3.8, 4) is 5.75 Å². The summed E-state index contributed by atoms with van der Waals surface area (Å²) in [6.45, 7) is 1.51. The Kier molecular flexibility index (Phi) is 3.31.